The van der Waals surface area contributed by atoms with Crippen LogP contribution in [0, 0.1) is 126 Å². The number of rotatable bonds is 14. The molecule has 3 fully saturated rings. The first-order valence-electron chi connectivity index (χ1n) is 41.2. The van der Waals surface area contributed by atoms with Gasteiger partial charge in [-0.2, -0.15) is 0 Å². The third-order valence-electron chi connectivity index (χ3n) is 20.8. The SMILES string of the molecule is C.C.CC(C)C.COC(=O)c1c(F)c(-c2c(C)noc2C)cc2[nH]c(C3CC3)nc12.COC(=O)c1c(N)c(N)cc(-c2c(C)noc2C)c1F.COC(=O)c1c(N)c([N+](=O)[O-])cc(-c2c(C)noc2C)c1F.COC(=O)c1c(N)ccc(-c2c(C)noc2C)c1F.COC(=O)c1c(N)ccc(Br)c1F.Cc1noc(C)c1B1OC(C)(C)C(C)(C)O1.Cl.Nc1ccc(Br)c(F)c1C(=O)O.O=C(Cl)C1CC1.[Cl][Sn][Cl]. The summed E-state index contributed by atoms with van der Waals surface area (Å²) in [4.78, 5) is 96.5. The number of methoxy groups -OCH3 is 5. The molecule has 50 heteroatoms. The summed E-state index contributed by atoms with van der Waals surface area (Å²) in [7, 11) is 15.2. The molecule has 0 amide bonds. The molecule has 3 aliphatic rings. The van der Waals surface area contributed by atoms with Crippen LogP contribution in [-0.4, -0.2) is 160 Å². The minimum absolute atomic E-state index is 0. The number of nitro groups is 1. The number of benzene rings is 6. The van der Waals surface area contributed by atoms with Gasteiger partial charge in [0.05, 0.1) is 128 Å². The number of H-pyrrole nitrogens is 1. The Morgan fingerprint density at radius 1 is 0.493 bits per heavy atom. The van der Waals surface area contributed by atoms with Crippen LogP contribution in [0.3, 0.4) is 0 Å². The Hall–Kier alpha value is -12.0. The van der Waals surface area contributed by atoms with Gasteiger partial charge in [-0.15, -0.1) is 12.4 Å². The number of nitro benzene ring substituents is 1. The van der Waals surface area contributed by atoms with Gasteiger partial charge >= 0.3 is 79.7 Å². The number of carbonyl (C=O) groups excluding carboxylic acids is 6. The Balaban J connectivity index is 0.000000419. The van der Waals surface area contributed by atoms with Gasteiger partial charge in [-0.1, -0.05) is 61.4 Å². The van der Waals surface area contributed by atoms with Gasteiger partial charge in [0.1, 0.15) is 102 Å². The van der Waals surface area contributed by atoms with E-state index in [1.807, 2.05) is 41.5 Å². The topological polar surface area (TPSA) is 562 Å². The molecule has 2 aliphatic carbocycles. The fourth-order valence-electron chi connectivity index (χ4n) is 13.0. The van der Waals surface area contributed by atoms with E-state index in [1.54, 1.807) is 54.5 Å². The van der Waals surface area contributed by atoms with Crippen LogP contribution in [-0.2, 0) is 37.8 Å². The van der Waals surface area contributed by atoms with Crippen LogP contribution in [0.1, 0.15) is 220 Å². The number of anilines is 6. The van der Waals surface area contributed by atoms with Gasteiger partial charge < -0.3 is 100 Å². The number of nitrogens with zero attached hydrogens (tertiary/aromatic N) is 7. The van der Waals surface area contributed by atoms with E-state index in [-0.39, 0.29) is 150 Å². The van der Waals surface area contributed by atoms with Gasteiger partial charge in [-0.05, 0) is 221 Å². The fourth-order valence-corrected chi connectivity index (χ4v) is 13.8. The average molecular weight is 2310 g/mol. The van der Waals surface area contributed by atoms with E-state index in [0.29, 0.717) is 73.7 Å². The molecule has 770 valence electrons. The van der Waals surface area contributed by atoms with Crippen LogP contribution in [0.15, 0.2) is 86.2 Å². The van der Waals surface area contributed by atoms with E-state index in [0.717, 1.165) is 74.6 Å². The third-order valence-corrected chi connectivity index (χ3v) is 22.3. The molecule has 36 nitrogen and oxygen atoms in total. The number of imidazole rings is 1. The van der Waals surface area contributed by atoms with Crippen LogP contribution in [0.4, 0.5) is 66.2 Å². The molecule has 7 heterocycles. The summed E-state index contributed by atoms with van der Waals surface area (Å²) in [5, 5.41) is 38.4. The molecule has 6 aromatic carbocycles. The molecular weight excluding hydrogens is 2200 g/mol. The third kappa shape index (κ3) is 29.9. The number of carbonyl (C=O) groups is 7. The standard InChI is InChI=1S/C17H16FN3O3.C13H12FN3O5.C13H14FN3O3.C13H13FN2O3.C11H18BNO3.C8H7BrFNO2.C7H5BrFNO2.C4H5ClO.C4H10.2CH4.3ClH.Sn/c1-7-12(8(2)24-21-7)10-6-11-15(13(14(10)18)17(22)23-3)20-16(19-11)9-4-5-9;1-5-9(6(2)22-16-5)7-4-8(17(19)20)12(15)10(11(7)14)13(18)21-3;1-5-9(6(2)20-17-5)7-4-8(15)12(16)10(11(7)14)13(18)19-3;1-6-10(7(2)19-16-6)8-4-5-9(15)11(12(8)14)13(17)18-3;1-7-9(8(2)14-13-7)12-15-10(3,4)11(5,6)16-12;1-13-8(12)6-5(11)3-2-4(9)7(6)10;8-3-1-2-4(10)5(6(3)9)7(11)12;5-4(6)3-1-2-3;1-4(2)3;;;;;;/h6,9H,4-5H2,1-3H3,(H,19,20);4H,15H2,1-3H3;4H,15-16H2,1-3H3;4-5H,15H2,1-3H3;1-6H3;2-3H,11H2,1H3;1-2H,10H2,(H,11,12);3H,1-2H2;4H,1-3H3;2*1H4;3*1H;/q;;;;;;;;;;;;;;+2/p-2. The molecule has 0 atom stereocenters. The van der Waals surface area contributed by atoms with Crippen LogP contribution in [0.25, 0.3) is 55.5 Å². The van der Waals surface area contributed by atoms with Crippen molar-refractivity contribution in [3.8, 4) is 44.5 Å². The molecule has 0 spiro atoms. The number of ether oxygens (including phenoxy) is 5. The van der Waals surface area contributed by atoms with Crippen molar-refractivity contribution in [2.45, 2.75) is 175 Å². The molecule has 2 saturated carbocycles. The fraction of sp³-hybridized carbons (Fsp3) is 0.359. The van der Waals surface area contributed by atoms with E-state index in [2.05, 4.69) is 107 Å². The molecule has 1 aliphatic heterocycles. The summed E-state index contributed by atoms with van der Waals surface area (Å²) >= 11 is 10.0. The van der Waals surface area contributed by atoms with E-state index in [1.165, 1.54) is 70.7 Å². The van der Waals surface area contributed by atoms with E-state index in [9.17, 15) is 65.6 Å². The van der Waals surface area contributed by atoms with Gasteiger partial charge in [-0.25, -0.2) is 60.1 Å². The number of carboxylic acids is 1. The minimum atomic E-state index is -1.37. The van der Waals surface area contributed by atoms with Gasteiger partial charge in [0.25, 0.3) is 5.69 Å². The molecule has 6 aromatic heterocycles. The molecule has 12 aromatic rings. The van der Waals surface area contributed by atoms with E-state index < -0.39 is 117 Å². The predicted octanol–water partition coefficient (Wildman–Crippen LogP) is 21.5. The normalized spacial score (nSPS) is 12.5. The summed E-state index contributed by atoms with van der Waals surface area (Å²) in [6, 6.07) is 12.4. The summed E-state index contributed by atoms with van der Waals surface area (Å²) < 4.78 is 145. The second-order valence-electron chi connectivity index (χ2n) is 32.1. The molecule has 14 N–H and O–H groups in total. The number of nitrogens with one attached hydrogen (secondary N) is 1. The van der Waals surface area contributed by atoms with E-state index in [4.69, 9.17) is 106 Å². The number of aryl methyl sites for hydroxylation is 10. The molecule has 1 saturated heterocycles. The van der Waals surface area contributed by atoms with Crippen LogP contribution in [0.5, 0.6) is 0 Å². The second kappa shape index (κ2) is 53.9. The first kappa shape index (κ1) is 124. The Kier molecular flexibility index (Phi) is 47.2. The second-order valence-corrected chi connectivity index (χ2v) is 38.5. The van der Waals surface area contributed by atoms with Crippen molar-refractivity contribution in [2.75, 3.05) is 70.0 Å². The summed E-state index contributed by atoms with van der Waals surface area (Å²) in [6.07, 6.45) is 4.13. The van der Waals surface area contributed by atoms with Crippen molar-refractivity contribution in [3.05, 3.63) is 205 Å². The Morgan fingerprint density at radius 2 is 0.810 bits per heavy atom. The monoisotopic (exact) mass is 2300 g/mol. The Labute approximate surface area is 858 Å². The first-order valence-corrected chi connectivity index (χ1v) is 50.4. The molecule has 2 radical (unpaired) electrons. The first-order chi connectivity index (χ1) is 65.0. The van der Waals surface area contributed by atoms with Crippen molar-refractivity contribution >= 4 is 197 Å². The molecule has 15 rings (SSSR count). The average Bonchev–Trinajstić information content (AvgIpc) is 1.62. The molecule has 142 heavy (non-hydrogen) atoms. The van der Waals surface area contributed by atoms with Crippen molar-refractivity contribution in [1.82, 2.24) is 35.8 Å². The zero-order chi connectivity index (χ0) is 105. The number of esters is 5. The Morgan fingerprint density at radius 3 is 1.14 bits per heavy atom. The van der Waals surface area contributed by atoms with Crippen molar-refractivity contribution in [1.29, 1.82) is 0 Å². The van der Waals surface area contributed by atoms with Crippen LogP contribution in [0.2, 0.25) is 0 Å². The number of carboxylic acid groups (broad SMARTS) is 1. The maximum atomic E-state index is 15.2. The maximum absolute atomic E-state index is 15.2. The number of fused-ring (bicyclic) bond motifs is 1. The number of aromatic nitrogens is 7. The van der Waals surface area contributed by atoms with Crippen LogP contribution < -0.4 is 39.9 Å². The van der Waals surface area contributed by atoms with Gasteiger partial charge in [0.2, 0.25) is 5.24 Å². The van der Waals surface area contributed by atoms with Crippen molar-refractivity contribution in [3.63, 3.8) is 0 Å². The van der Waals surface area contributed by atoms with Gasteiger partial charge in [0.15, 0.2) is 11.6 Å². The molecule has 0 bridgehead atoms. The van der Waals surface area contributed by atoms with Gasteiger partial charge in [0, 0.05) is 62.7 Å². The number of aromatic amines is 1. The van der Waals surface area contributed by atoms with Crippen LogP contribution >= 0.6 is 73.7 Å². The quantitative estimate of drug-likeness (QED) is 0.00732. The number of halogens is 12. The number of hydrogen-bond acceptors (Lipinski definition) is 33. The summed E-state index contributed by atoms with van der Waals surface area (Å²) in [5.41, 5.74) is 35.7. The molecular formula is C92H109BBr2Cl4F6N14O22Sn. The summed E-state index contributed by atoms with van der Waals surface area (Å²) in [5.74, 6) is -5.90. The number of aromatic carboxylic acids is 1. The zero-order valence-corrected chi connectivity index (χ0v) is 88.6. The molecule has 0 unspecified atom stereocenters. The number of nitrogens with two attached hydrogens (primary N) is 6. The Bertz CT molecular complexity index is 6460. The van der Waals surface area contributed by atoms with Gasteiger partial charge in [-0.3, -0.25) is 14.9 Å². The predicted molar refractivity (Wildman–Crippen MR) is 536 cm³/mol. The number of hydrogen-bond donors (Lipinski definition) is 8. The summed E-state index contributed by atoms with van der Waals surface area (Å²) in [6.45, 7) is 31.6. The zero-order valence-electron chi connectivity index (χ0n) is 79.5. The van der Waals surface area contributed by atoms with E-state index >= 15 is 4.39 Å². The van der Waals surface area contributed by atoms with Crippen molar-refractivity contribution < 1.29 is 126 Å². The number of nitrogen functional groups attached to an aromatic ring is 6. The van der Waals surface area contributed by atoms with Crippen molar-refractivity contribution in [2.24, 2.45) is 11.8 Å².